The number of carbonyl (C=O) groups excluding carboxylic acids is 1. The van der Waals surface area contributed by atoms with Crippen LogP contribution >= 0.6 is 0 Å². The molecule has 0 saturated heterocycles. The third kappa shape index (κ3) is 3.01. The summed E-state index contributed by atoms with van der Waals surface area (Å²) in [6.45, 7) is 1.47. The fraction of sp³-hybridized carbons (Fsp3) is 0.118. The SMILES string of the molecule is CC(=O)c1ccc(-c2cc(C(F)F)n(-c3ccccn3)n2)cc1. The van der Waals surface area contributed by atoms with Gasteiger partial charge in [-0.3, -0.25) is 4.79 Å². The lowest BCUT2D eigenvalue weighted by molar-refractivity contribution is 0.101. The Kier molecular flexibility index (Phi) is 3.97. The highest BCUT2D eigenvalue weighted by Crippen LogP contribution is 2.27. The number of pyridine rings is 1. The molecule has 0 atom stereocenters. The molecule has 0 saturated carbocycles. The molecule has 2 heterocycles. The minimum absolute atomic E-state index is 0.0520. The van der Waals surface area contributed by atoms with Crippen molar-refractivity contribution in [3.63, 3.8) is 0 Å². The maximum absolute atomic E-state index is 13.3. The van der Waals surface area contributed by atoms with Gasteiger partial charge in [0.25, 0.3) is 6.43 Å². The average Bonchev–Trinajstić information content (AvgIpc) is 3.01. The minimum Gasteiger partial charge on any atom is -0.295 e. The molecule has 3 aromatic rings. The zero-order valence-corrected chi connectivity index (χ0v) is 12.3. The fourth-order valence-electron chi connectivity index (χ4n) is 2.23. The van der Waals surface area contributed by atoms with E-state index in [0.29, 0.717) is 22.6 Å². The number of hydrogen-bond acceptors (Lipinski definition) is 3. The summed E-state index contributed by atoms with van der Waals surface area (Å²) in [7, 11) is 0. The molecule has 0 amide bonds. The number of rotatable bonds is 4. The summed E-state index contributed by atoms with van der Waals surface area (Å²) in [6, 6.07) is 13.0. The summed E-state index contributed by atoms with van der Waals surface area (Å²) in [6.07, 6.45) is -1.15. The molecule has 0 radical (unpaired) electrons. The first kappa shape index (κ1) is 15.0. The van der Waals surface area contributed by atoms with Gasteiger partial charge in [-0.2, -0.15) is 5.10 Å². The van der Waals surface area contributed by atoms with Crippen LogP contribution in [0.1, 0.15) is 29.4 Å². The molecule has 0 unspecified atom stereocenters. The first-order valence-electron chi connectivity index (χ1n) is 6.97. The molecule has 1 aromatic carbocycles. The third-order valence-electron chi connectivity index (χ3n) is 3.41. The maximum atomic E-state index is 13.3. The molecular formula is C17H13F2N3O. The van der Waals surface area contributed by atoms with E-state index < -0.39 is 6.43 Å². The summed E-state index contributed by atoms with van der Waals surface area (Å²) in [5, 5.41) is 4.24. The Labute approximate surface area is 131 Å². The van der Waals surface area contributed by atoms with E-state index in [-0.39, 0.29) is 11.5 Å². The lowest BCUT2D eigenvalue weighted by atomic mass is 10.1. The van der Waals surface area contributed by atoms with Gasteiger partial charge >= 0.3 is 0 Å². The monoisotopic (exact) mass is 313 g/mol. The summed E-state index contributed by atoms with van der Waals surface area (Å²) >= 11 is 0. The van der Waals surface area contributed by atoms with Gasteiger partial charge in [-0.05, 0) is 25.1 Å². The predicted octanol–water partition coefficient (Wildman–Crippen LogP) is 4.07. The number of ketones is 1. The zero-order chi connectivity index (χ0) is 16.4. The zero-order valence-electron chi connectivity index (χ0n) is 12.3. The van der Waals surface area contributed by atoms with Crippen LogP contribution < -0.4 is 0 Å². The third-order valence-corrected chi connectivity index (χ3v) is 3.41. The highest BCUT2D eigenvalue weighted by molar-refractivity contribution is 5.94. The highest BCUT2D eigenvalue weighted by atomic mass is 19.3. The molecule has 0 spiro atoms. The van der Waals surface area contributed by atoms with Crippen molar-refractivity contribution in [3.8, 4) is 17.1 Å². The van der Waals surface area contributed by atoms with Crippen molar-refractivity contribution >= 4 is 5.78 Å². The van der Waals surface area contributed by atoms with E-state index in [2.05, 4.69) is 10.1 Å². The second kappa shape index (κ2) is 6.08. The van der Waals surface area contributed by atoms with Crippen LogP contribution in [0.4, 0.5) is 8.78 Å². The Hall–Kier alpha value is -2.89. The molecule has 0 aliphatic heterocycles. The molecule has 0 bridgehead atoms. The van der Waals surface area contributed by atoms with Crippen LogP contribution in [-0.4, -0.2) is 20.5 Å². The van der Waals surface area contributed by atoms with Gasteiger partial charge in [0, 0.05) is 17.3 Å². The van der Waals surface area contributed by atoms with Crippen molar-refractivity contribution in [2.75, 3.05) is 0 Å². The Balaban J connectivity index is 2.06. The normalized spacial score (nSPS) is 11.0. The molecule has 6 heteroatoms. The lowest BCUT2D eigenvalue weighted by Gasteiger charge is -2.04. The van der Waals surface area contributed by atoms with Crippen molar-refractivity contribution in [1.29, 1.82) is 0 Å². The van der Waals surface area contributed by atoms with Gasteiger partial charge in [0.15, 0.2) is 11.6 Å². The summed E-state index contributed by atoms with van der Waals surface area (Å²) in [4.78, 5) is 15.4. The lowest BCUT2D eigenvalue weighted by Crippen LogP contribution is -2.04. The second-order valence-electron chi connectivity index (χ2n) is 4.99. The van der Waals surface area contributed by atoms with Gasteiger partial charge in [-0.15, -0.1) is 0 Å². The van der Waals surface area contributed by atoms with E-state index in [1.807, 2.05) is 0 Å². The van der Waals surface area contributed by atoms with Crippen LogP contribution in [-0.2, 0) is 0 Å². The molecule has 4 nitrogen and oxygen atoms in total. The smallest absolute Gasteiger partial charge is 0.280 e. The van der Waals surface area contributed by atoms with Crippen molar-refractivity contribution in [2.24, 2.45) is 0 Å². The number of hydrogen-bond donors (Lipinski definition) is 0. The molecular weight excluding hydrogens is 300 g/mol. The number of alkyl halides is 2. The molecule has 23 heavy (non-hydrogen) atoms. The van der Waals surface area contributed by atoms with Crippen molar-refractivity contribution in [2.45, 2.75) is 13.3 Å². The summed E-state index contributed by atoms with van der Waals surface area (Å²) < 4.78 is 27.7. The van der Waals surface area contributed by atoms with Crippen molar-refractivity contribution < 1.29 is 13.6 Å². The van der Waals surface area contributed by atoms with Gasteiger partial charge in [-0.1, -0.05) is 30.3 Å². The topological polar surface area (TPSA) is 47.8 Å². The Morgan fingerprint density at radius 2 is 1.87 bits per heavy atom. The number of benzene rings is 1. The Morgan fingerprint density at radius 1 is 1.13 bits per heavy atom. The van der Waals surface area contributed by atoms with Crippen LogP contribution in [0.25, 0.3) is 17.1 Å². The van der Waals surface area contributed by atoms with Crippen LogP contribution in [0.15, 0.2) is 54.7 Å². The molecule has 0 N–H and O–H groups in total. The fourth-order valence-corrected chi connectivity index (χ4v) is 2.23. The molecule has 116 valence electrons. The summed E-state index contributed by atoms with van der Waals surface area (Å²) in [5.41, 5.74) is 1.40. The van der Waals surface area contributed by atoms with Crippen LogP contribution in [0.3, 0.4) is 0 Å². The van der Waals surface area contributed by atoms with Crippen LogP contribution in [0.2, 0.25) is 0 Å². The van der Waals surface area contributed by atoms with E-state index in [1.54, 1.807) is 42.5 Å². The van der Waals surface area contributed by atoms with Crippen LogP contribution in [0, 0.1) is 0 Å². The number of nitrogens with zero attached hydrogens (tertiary/aromatic N) is 3. The second-order valence-corrected chi connectivity index (χ2v) is 4.99. The van der Waals surface area contributed by atoms with E-state index in [1.165, 1.54) is 19.2 Å². The van der Waals surface area contributed by atoms with E-state index >= 15 is 0 Å². The first-order valence-corrected chi connectivity index (χ1v) is 6.97. The molecule has 2 aromatic heterocycles. The summed E-state index contributed by atoms with van der Waals surface area (Å²) in [5.74, 6) is 0.276. The van der Waals surface area contributed by atoms with Crippen LogP contribution in [0.5, 0.6) is 0 Å². The van der Waals surface area contributed by atoms with Crippen molar-refractivity contribution in [3.05, 3.63) is 66.0 Å². The quantitative estimate of drug-likeness (QED) is 0.682. The molecule has 0 fully saturated rings. The highest BCUT2D eigenvalue weighted by Gasteiger charge is 2.19. The van der Waals surface area contributed by atoms with Gasteiger partial charge in [0.2, 0.25) is 0 Å². The Morgan fingerprint density at radius 3 is 2.43 bits per heavy atom. The molecule has 0 aliphatic carbocycles. The minimum atomic E-state index is -2.67. The number of Topliss-reactive ketones (excluding diaryl/α,β-unsaturated/α-hetero) is 1. The predicted molar refractivity (Wildman–Crippen MR) is 81.8 cm³/mol. The average molecular weight is 313 g/mol. The number of aromatic nitrogens is 3. The number of halogens is 2. The van der Waals surface area contributed by atoms with Crippen molar-refractivity contribution in [1.82, 2.24) is 14.8 Å². The number of carbonyl (C=O) groups is 1. The van der Waals surface area contributed by atoms with E-state index in [4.69, 9.17) is 0 Å². The van der Waals surface area contributed by atoms with Gasteiger partial charge < -0.3 is 0 Å². The van der Waals surface area contributed by atoms with Gasteiger partial charge in [0.05, 0.1) is 5.69 Å². The van der Waals surface area contributed by atoms with Gasteiger partial charge in [-0.25, -0.2) is 18.4 Å². The first-order chi connectivity index (χ1) is 11.1. The molecule has 3 rings (SSSR count). The van der Waals surface area contributed by atoms with Gasteiger partial charge in [0.1, 0.15) is 5.69 Å². The molecule has 0 aliphatic rings. The Bertz CT molecular complexity index is 827. The van der Waals surface area contributed by atoms with E-state index in [9.17, 15) is 13.6 Å². The van der Waals surface area contributed by atoms with E-state index in [0.717, 1.165) is 4.68 Å². The maximum Gasteiger partial charge on any atom is 0.280 e. The largest absolute Gasteiger partial charge is 0.295 e. The standard InChI is InChI=1S/C17H13F2N3O/c1-11(23)12-5-7-13(8-6-12)14-10-15(17(18)19)22(21-14)16-4-2-3-9-20-16/h2-10,17H,1H3.